The van der Waals surface area contributed by atoms with Crippen molar-refractivity contribution in [3.8, 4) is 0 Å². The number of carbonyl (C=O) groups is 2. The number of piperidine rings is 1. The number of cyclic esters (lactones) is 1. The maximum Gasteiger partial charge on any atom is 0.311 e. The monoisotopic (exact) mass is 699 g/mol. The summed E-state index contributed by atoms with van der Waals surface area (Å²) in [6.07, 6.45) is -3.55. The molecule has 4 fully saturated rings. The fraction of sp³-hybridized carbons (Fsp3) is 0.944. The first-order valence-corrected chi connectivity index (χ1v) is 18.4. The number of nitrogens with zero attached hydrogens (tertiary/aromatic N) is 2. The van der Waals surface area contributed by atoms with Crippen LogP contribution in [0.1, 0.15) is 94.4 Å². The lowest BCUT2D eigenvalue weighted by Gasteiger charge is -2.49. The van der Waals surface area contributed by atoms with Gasteiger partial charge in [0.15, 0.2) is 12.1 Å². The van der Waals surface area contributed by atoms with Gasteiger partial charge in [0.1, 0.15) is 23.9 Å². The molecule has 13 heteroatoms. The number of carbonyl (C=O) groups excluding carboxylic acids is 2. The van der Waals surface area contributed by atoms with Crippen LogP contribution in [0.2, 0.25) is 0 Å². The second kappa shape index (κ2) is 15.7. The fourth-order valence-corrected chi connectivity index (χ4v) is 8.71. The number of nitrogens with one attached hydrogen (secondary N) is 1. The number of aliphatic hydroxyl groups is 3. The van der Waals surface area contributed by atoms with Crippen LogP contribution >= 0.6 is 0 Å². The molecule has 0 saturated carbocycles. The summed E-state index contributed by atoms with van der Waals surface area (Å²) in [5, 5.41) is 37.8. The quantitative estimate of drug-likeness (QED) is 0.317. The number of rotatable bonds is 4. The molecule has 0 aromatic heterocycles. The molecule has 4 aliphatic heterocycles. The number of esters is 1. The highest BCUT2D eigenvalue weighted by atomic mass is 16.7. The van der Waals surface area contributed by atoms with Gasteiger partial charge in [0.25, 0.3) is 0 Å². The maximum atomic E-state index is 14.1. The molecule has 0 aromatic carbocycles. The molecule has 2 unspecified atom stereocenters. The Bertz CT molecular complexity index is 1130. The molecule has 13 nitrogen and oxygen atoms in total. The first-order chi connectivity index (χ1) is 22.7. The van der Waals surface area contributed by atoms with E-state index in [4.69, 9.17) is 23.7 Å². The van der Waals surface area contributed by atoms with Crippen LogP contribution in [0, 0.1) is 17.8 Å². The van der Waals surface area contributed by atoms with Crippen LogP contribution in [-0.2, 0) is 33.3 Å². The third kappa shape index (κ3) is 8.63. The number of hydrogen-bond donors (Lipinski definition) is 4. The van der Waals surface area contributed by atoms with E-state index in [2.05, 4.69) is 12.2 Å². The van der Waals surface area contributed by atoms with Gasteiger partial charge in [-0.05, 0) is 80.4 Å². The third-order valence-electron chi connectivity index (χ3n) is 11.7. The molecule has 0 radical (unpaired) electrons. The number of likely N-dealkylation sites (tertiary alicyclic amines) is 1. The minimum atomic E-state index is -1.73. The molecule has 4 N–H and O–H groups in total. The van der Waals surface area contributed by atoms with Crippen LogP contribution in [0.5, 0.6) is 0 Å². The summed E-state index contributed by atoms with van der Waals surface area (Å²) in [4.78, 5) is 30.2. The summed E-state index contributed by atoms with van der Waals surface area (Å²) >= 11 is 0. The molecular formula is C36H65N3O10. The lowest BCUT2D eigenvalue weighted by atomic mass is 9.78. The van der Waals surface area contributed by atoms with E-state index in [0.29, 0.717) is 45.3 Å². The topological polar surface area (TPSA) is 159 Å². The van der Waals surface area contributed by atoms with Crippen LogP contribution in [0.3, 0.4) is 0 Å². The van der Waals surface area contributed by atoms with Gasteiger partial charge in [-0.1, -0.05) is 20.8 Å². The highest BCUT2D eigenvalue weighted by Crippen LogP contribution is 2.47. The maximum absolute atomic E-state index is 14.1. The van der Waals surface area contributed by atoms with Crippen LogP contribution < -0.4 is 5.32 Å². The zero-order valence-electron chi connectivity index (χ0n) is 31.7. The van der Waals surface area contributed by atoms with Crippen molar-refractivity contribution in [2.24, 2.45) is 17.8 Å². The van der Waals surface area contributed by atoms with E-state index in [-0.39, 0.29) is 30.4 Å². The Labute approximate surface area is 293 Å². The average Bonchev–Trinajstić information content (AvgIpc) is 3.10. The molecule has 4 heterocycles. The number of likely N-dealkylation sites (N-methyl/N-ethyl adjacent to an activating group) is 1. The summed E-state index contributed by atoms with van der Waals surface area (Å²) in [7, 11) is 3.86. The van der Waals surface area contributed by atoms with E-state index in [9.17, 15) is 24.9 Å². The van der Waals surface area contributed by atoms with Crippen molar-refractivity contribution in [3.63, 3.8) is 0 Å². The number of fused-ring (bicyclic) bond motifs is 3. The van der Waals surface area contributed by atoms with Gasteiger partial charge in [0, 0.05) is 50.9 Å². The minimum absolute atomic E-state index is 0.0122. The Kier molecular flexibility index (Phi) is 12.9. The summed E-state index contributed by atoms with van der Waals surface area (Å²) in [6, 6.07) is -0.714. The zero-order valence-corrected chi connectivity index (χ0v) is 31.7. The van der Waals surface area contributed by atoms with E-state index in [1.165, 1.54) is 6.92 Å². The van der Waals surface area contributed by atoms with Gasteiger partial charge in [0.2, 0.25) is 5.91 Å². The van der Waals surface area contributed by atoms with Gasteiger partial charge in [-0.2, -0.15) is 0 Å². The molecule has 1 amide bonds. The second-order valence-electron chi connectivity index (χ2n) is 16.2. The number of hydrogen-bond acceptors (Lipinski definition) is 12. The molecule has 0 aliphatic carbocycles. The molecule has 4 saturated heterocycles. The first-order valence-electron chi connectivity index (χ1n) is 18.4. The highest BCUT2D eigenvalue weighted by Gasteiger charge is 2.58. The molecule has 49 heavy (non-hydrogen) atoms. The molecule has 0 aromatic rings. The molecule has 2 bridgehead atoms. The van der Waals surface area contributed by atoms with Crippen molar-refractivity contribution in [2.75, 3.05) is 33.7 Å². The SMILES string of the molecule is CC[C@@H]1OC(=O)[C@H](C)[C@H]2OC3(CCN(C(C)=O)CC3)OC(C)(C[C@@H](C)CN[C@@H](C)[C@@H](O)[C@]1(C)O)[C@H](OC1O[C@H](C)C[C@H](N(C)C)[C@H]1O)[C@H]2C. The van der Waals surface area contributed by atoms with Crippen LogP contribution in [0.15, 0.2) is 0 Å². The summed E-state index contributed by atoms with van der Waals surface area (Å²) < 4.78 is 33.5. The van der Waals surface area contributed by atoms with Gasteiger partial charge in [-0.3, -0.25) is 9.59 Å². The molecule has 1 spiro atoms. The largest absolute Gasteiger partial charge is 0.459 e. The Morgan fingerprint density at radius 2 is 1.73 bits per heavy atom. The Morgan fingerprint density at radius 3 is 2.31 bits per heavy atom. The van der Waals surface area contributed by atoms with Crippen LogP contribution in [0.4, 0.5) is 0 Å². The predicted molar refractivity (Wildman–Crippen MR) is 182 cm³/mol. The van der Waals surface area contributed by atoms with E-state index in [1.807, 2.05) is 39.8 Å². The number of aliphatic hydroxyl groups excluding tert-OH is 2. The summed E-state index contributed by atoms with van der Waals surface area (Å²) in [5.74, 6) is -3.04. The Morgan fingerprint density at radius 1 is 1.10 bits per heavy atom. The number of amides is 1. The highest BCUT2D eigenvalue weighted by molar-refractivity contribution is 5.73. The Hall–Kier alpha value is -1.42. The van der Waals surface area contributed by atoms with Gasteiger partial charge >= 0.3 is 5.97 Å². The van der Waals surface area contributed by atoms with E-state index in [0.717, 1.165) is 0 Å². The molecule has 284 valence electrons. The van der Waals surface area contributed by atoms with Gasteiger partial charge < -0.3 is 54.1 Å². The standard InChI is InChI=1S/C36H65N3O10/c1-12-27-35(9,44)30(42)24(6)37-19-20(2)18-34(8)31(47-33-28(41)26(38(10)11)17-21(3)45-33)22(4)29(23(5)32(43)46-27)48-36(49-34)13-15-39(16-14-36)25(7)40/h20-24,26-31,33,37,41-42,44H,12-19H2,1-11H3/t20-,21-,22+,23-,24+,26+,27+,28-,29+,30-,31-,33?,34?,35-/m1/s1. The van der Waals surface area contributed by atoms with Gasteiger partial charge in [-0.25, -0.2) is 0 Å². The molecule has 14 atom stereocenters. The lowest BCUT2D eigenvalue weighted by Crippen LogP contribution is -2.60. The van der Waals surface area contributed by atoms with Gasteiger partial charge in [0.05, 0.1) is 29.8 Å². The van der Waals surface area contributed by atoms with E-state index in [1.54, 1.807) is 32.6 Å². The third-order valence-corrected chi connectivity index (χ3v) is 11.7. The number of ether oxygens (including phenoxy) is 5. The predicted octanol–water partition coefficient (Wildman–Crippen LogP) is 2.03. The zero-order chi connectivity index (χ0) is 36.6. The fourth-order valence-electron chi connectivity index (χ4n) is 8.71. The Balaban J connectivity index is 1.83. The van der Waals surface area contributed by atoms with E-state index < -0.39 is 77.6 Å². The van der Waals surface area contributed by atoms with Crippen molar-refractivity contribution in [2.45, 2.75) is 166 Å². The van der Waals surface area contributed by atoms with Crippen molar-refractivity contribution < 1.29 is 48.6 Å². The summed E-state index contributed by atoms with van der Waals surface area (Å²) in [5.41, 5.74) is -2.73. The minimum Gasteiger partial charge on any atom is -0.459 e. The van der Waals surface area contributed by atoms with Gasteiger partial charge in [-0.15, -0.1) is 0 Å². The van der Waals surface area contributed by atoms with Crippen molar-refractivity contribution in [3.05, 3.63) is 0 Å². The summed E-state index contributed by atoms with van der Waals surface area (Å²) in [6.45, 7) is 17.8. The van der Waals surface area contributed by atoms with Crippen LogP contribution in [-0.4, -0.2) is 143 Å². The smallest absolute Gasteiger partial charge is 0.311 e. The molecule has 4 rings (SSSR count). The normalized spacial score (nSPS) is 45.8. The van der Waals surface area contributed by atoms with Crippen LogP contribution in [0.25, 0.3) is 0 Å². The lowest BCUT2D eigenvalue weighted by molar-refractivity contribution is -0.331. The molecule has 4 aliphatic rings. The average molecular weight is 700 g/mol. The van der Waals surface area contributed by atoms with E-state index >= 15 is 0 Å². The van der Waals surface area contributed by atoms with Crippen molar-refractivity contribution in [1.82, 2.24) is 15.1 Å². The van der Waals surface area contributed by atoms with Crippen molar-refractivity contribution in [1.29, 1.82) is 0 Å². The molecular weight excluding hydrogens is 634 g/mol. The first kappa shape index (κ1) is 40.4. The van der Waals surface area contributed by atoms with Crippen molar-refractivity contribution >= 4 is 11.9 Å². The second-order valence-corrected chi connectivity index (χ2v) is 16.2.